The average Bonchev–Trinajstić information content (AvgIpc) is 2.70. The van der Waals surface area contributed by atoms with Crippen LogP contribution in [0.15, 0.2) is 54.6 Å². The third kappa shape index (κ3) is 5.29. The lowest BCUT2D eigenvalue weighted by Gasteiger charge is -2.26. The fourth-order valence-electron chi connectivity index (χ4n) is 3.95. The van der Waals surface area contributed by atoms with Crippen molar-refractivity contribution in [1.82, 2.24) is 0 Å². The van der Waals surface area contributed by atoms with Crippen molar-refractivity contribution >= 4 is 11.6 Å². The maximum atomic E-state index is 12.5. The van der Waals surface area contributed by atoms with Gasteiger partial charge in [-0.3, -0.25) is 9.59 Å². The van der Waals surface area contributed by atoms with Gasteiger partial charge in [0.25, 0.3) is 0 Å². The number of carbonyl (C=O) groups is 2. The molecule has 0 unspecified atom stereocenters. The third-order valence-corrected chi connectivity index (χ3v) is 5.56. The second kappa shape index (κ2) is 9.50. The van der Waals surface area contributed by atoms with Crippen molar-refractivity contribution in [2.24, 2.45) is 5.92 Å². The van der Waals surface area contributed by atoms with Gasteiger partial charge in [-0.05, 0) is 48.4 Å². The summed E-state index contributed by atoms with van der Waals surface area (Å²) < 4.78 is 5.17. The van der Waals surface area contributed by atoms with Crippen LogP contribution in [0.3, 0.4) is 0 Å². The molecule has 1 aliphatic carbocycles. The number of ether oxygens (including phenoxy) is 1. The highest BCUT2D eigenvalue weighted by Crippen LogP contribution is 2.33. The summed E-state index contributed by atoms with van der Waals surface area (Å²) in [7, 11) is 1.67. The van der Waals surface area contributed by atoms with Gasteiger partial charge in [-0.15, -0.1) is 0 Å². The van der Waals surface area contributed by atoms with E-state index in [1.165, 1.54) is 5.56 Å². The Bertz CT molecular complexity index is 731. The number of hydrogen-bond donors (Lipinski definition) is 0. The molecule has 1 fully saturated rings. The minimum Gasteiger partial charge on any atom is -0.497 e. The van der Waals surface area contributed by atoms with Crippen LogP contribution in [0.25, 0.3) is 0 Å². The molecule has 1 aliphatic rings. The molecule has 0 amide bonds. The average molecular weight is 364 g/mol. The van der Waals surface area contributed by atoms with E-state index in [1.807, 2.05) is 42.5 Å². The number of benzene rings is 2. The van der Waals surface area contributed by atoms with Gasteiger partial charge in [0, 0.05) is 12.8 Å². The first kappa shape index (κ1) is 19.3. The van der Waals surface area contributed by atoms with Crippen molar-refractivity contribution in [2.75, 3.05) is 7.11 Å². The molecular formula is C24H28O3. The highest BCUT2D eigenvalue weighted by molar-refractivity contribution is 6.05. The number of Topliss-reactive ketones (excluding diaryl/α,β-unsaturated/α-hetero) is 2. The van der Waals surface area contributed by atoms with Crippen molar-refractivity contribution in [3.05, 3.63) is 65.7 Å². The van der Waals surface area contributed by atoms with E-state index in [4.69, 9.17) is 4.74 Å². The molecule has 27 heavy (non-hydrogen) atoms. The Kier molecular flexibility index (Phi) is 6.80. The summed E-state index contributed by atoms with van der Waals surface area (Å²) in [5.74, 6) is 0.843. The number of unbranched alkanes of at least 4 members (excludes halogenated alkanes) is 2. The highest BCUT2D eigenvalue weighted by atomic mass is 16.5. The van der Waals surface area contributed by atoms with E-state index in [0.29, 0.717) is 19.3 Å². The summed E-state index contributed by atoms with van der Waals surface area (Å²) in [6.45, 7) is 0. The predicted octanol–water partition coefficient (Wildman–Crippen LogP) is 5.13. The lowest BCUT2D eigenvalue weighted by molar-refractivity contribution is -0.136. The Hall–Kier alpha value is -2.42. The summed E-state index contributed by atoms with van der Waals surface area (Å²) in [5, 5.41) is 0. The van der Waals surface area contributed by atoms with Crippen molar-refractivity contribution in [3.8, 4) is 5.75 Å². The molecule has 0 saturated heterocycles. The monoisotopic (exact) mass is 364 g/mol. The van der Waals surface area contributed by atoms with Crippen LogP contribution in [-0.2, 0) is 16.0 Å². The maximum Gasteiger partial charge on any atom is 0.143 e. The molecule has 3 rings (SSSR count). The largest absolute Gasteiger partial charge is 0.497 e. The number of rotatable bonds is 8. The molecule has 3 nitrogen and oxygen atoms in total. The van der Waals surface area contributed by atoms with Crippen LogP contribution in [0.5, 0.6) is 5.75 Å². The van der Waals surface area contributed by atoms with Crippen LogP contribution in [0.4, 0.5) is 0 Å². The molecule has 142 valence electrons. The highest BCUT2D eigenvalue weighted by Gasteiger charge is 2.35. The van der Waals surface area contributed by atoms with Gasteiger partial charge in [-0.1, -0.05) is 55.3 Å². The first-order valence-corrected chi connectivity index (χ1v) is 9.90. The molecule has 0 heterocycles. The summed E-state index contributed by atoms with van der Waals surface area (Å²) in [5.41, 5.74) is 2.41. The molecule has 0 spiro atoms. The van der Waals surface area contributed by atoms with E-state index in [1.54, 1.807) is 7.11 Å². The number of methoxy groups -OCH3 is 1. The van der Waals surface area contributed by atoms with E-state index in [9.17, 15) is 9.59 Å². The van der Waals surface area contributed by atoms with Crippen LogP contribution in [0, 0.1) is 5.92 Å². The number of carbonyl (C=O) groups excluding carboxylic acids is 2. The number of hydrogen-bond acceptors (Lipinski definition) is 3. The zero-order valence-electron chi connectivity index (χ0n) is 16.0. The molecule has 2 aromatic carbocycles. The summed E-state index contributed by atoms with van der Waals surface area (Å²) in [6.07, 6.45) is 5.81. The van der Waals surface area contributed by atoms with Crippen LogP contribution in [-0.4, -0.2) is 18.7 Å². The topological polar surface area (TPSA) is 43.4 Å². The van der Waals surface area contributed by atoms with Gasteiger partial charge < -0.3 is 4.74 Å². The molecule has 0 radical (unpaired) electrons. The number of aryl methyl sites for hydroxylation is 1. The molecule has 0 aliphatic heterocycles. The smallest absolute Gasteiger partial charge is 0.143 e. The summed E-state index contributed by atoms with van der Waals surface area (Å²) in [6, 6.07) is 18.1. The Morgan fingerprint density at radius 1 is 0.852 bits per heavy atom. The molecule has 2 aromatic rings. The van der Waals surface area contributed by atoms with E-state index in [2.05, 4.69) is 12.1 Å². The fraction of sp³-hybridized carbons (Fsp3) is 0.417. The maximum absolute atomic E-state index is 12.5. The van der Waals surface area contributed by atoms with Gasteiger partial charge in [0.1, 0.15) is 17.3 Å². The van der Waals surface area contributed by atoms with E-state index in [-0.39, 0.29) is 23.4 Å². The quantitative estimate of drug-likeness (QED) is 0.482. The van der Waals surface area contributed by atoms with Gasteiger partial charge in [0.05, 0.1) is 13.0 Å². The van der Waals surface area contributed by atoms with Gasteiger partial charge in [0.2, 0.25) is 0 Å². The fourth-order valence-corrected chi connectivity index (χ4v) is 3.95. The Morgan fingerprint density at radius 3 is 2.15 bits per heavy atom. The molecular weight excluding hydrogens is 336 g/mol. The minimum absolute atomic E-state index is 0.0672. The lowest BCUT2D eigenvalue weighted by Crippen LogP contribution is -2.32. The summed E-state index contributed by atoms with van der Waals surface area (Å²) in [4.78, 5) is 25.0. The molecule has 0 atom stereocenters. The van der Waals surface area contributed by atoms with Gasteiger partial charge in [-0.25, -0.2) is 0 Å². The van der Waals surface area contributed by atoms with Gasteiger partial charge in [-0.2, -0.15) is 0 Å². The summed E-state index contributed by atoms with van der Waals surface area (Å²) >= 11 is 0. The first-order chi connectivity index (χ1) is 13.2. The van der Waals surface area contributed by atoms with Crippen molar-refractivity contribution in [2.45, 2.75) is 50.9 Å². The van der Waals surface area contributed by atoms with Crippen LogP contribution < -0.4 is 4.74 Å². The normalized spacial score (nSPS) is 19.9. The van der Waals surface area contributed by atoms with Crippen molar-refractivity contribution in [3.63, 3.8) is 0 Å². The predicted molar refractivity (Wildman–Crippen MR) is 107 cm³/mol. The van der Waals surface area contributed by atoms with Crippen molar-refractivity contribution < 1.29 is 14.3 Å². The van der Waals surface area contributed by atoms with Crippen LogP contribution >= 0.6 is 0 Å². The molecule has 3 heteroatoms. The Balaban J connectivity index is 1.40. The SMILES string of the molecule is COc1ccc(CCCCCC2C(=O)CC(c3ccccc3)CC2=O)cc1. The molecule has 1 saturated carbocycles. The van der Waals surface area contributed by atoms with Crippen molar-refractivity contribution in [1.29, 1.82) is 0 Å². The van der Waals surface area contributed by atoms with Crippen LogP contribution in [0.2, 0.25) is 0 Å². The first-order valence-electron chi connectivity index (χ1n) is 9.90. The lowest BCUT2D eigenvalue weighted by atomic mass is 9.75. The molecule has 0 bridgehead atoms. The second-order valence-corrected chi connectivity index (χ2v) is 7.45. The standard InChI is InChI=1S/C24H28O3/c1-27-21-14-12-18(13-15-21)8-4-2-7-11-22-23(25)16-20(17-24(22)26)19-9-5-3-6-10-19/h3,5-6,9-10,12-15,20,22H,2,4,7-8,11,16-17H2,1H3. The molecule has 0 N–H and O–H groups in total. The van der Waals surface area contributed by atoms with Gasteiger partial charge >= 0.3 is 0 Å². The third-order valence-electron chi connectivity index (χ3n) is 5.56. The Labute approximate surface area is 161 Å². The second-order valence-electron chi connectivity index (χ2n) is 7.45. The van der Waals surface area contributed by atoms with E-state index < -0.39 is 0 Å². The number of ketones is 2. The zero-order chi connectivity index (χ0) is 19.1. The molecule has 0 aromatic heterocycles. The zero-order valence-corrected chi connectivity index (χ0v) is 16.0. The van der Waals surface area contributed by atoms with E-state index >= 15 is 0 Å². The van der Waals surface area contributed by atoms with Gasteiger partial charge in [0.15, 0.2) is 0 Å². The Morgan fingerprint density at radius 2 is 1.52 bits per heavy atom. The minimum atomic E-state index is -0.369. The van der Waals surface area contributed by atoms with Crippen LogP contribution in [0.1, 0.15) is 55.6 Å². The van der Waals surface area contributed by atoms with E-state index in [0.717, 1.165) is 37.0 Å².